The fourth-order valence-corrected chi connectivity index (χ4v) is 2.12. The Kier molecular flexibility index (Phi) is 4.93. The lowest BCUT2D eigenvalue weighted by atomic mass is 10.1. The summed E-state index contributed by atoms with van der Waals surface area (Å²) in [4.78, 5) is 12.1. The number of halogens is 2. The van der Waals surface area contributed by atoms with E-state index in [2.05, 4.69) is 25.6 Å². The van der Waals surface area contributed by atoms with Crippen LogP contribution in [-0.4, -0.2) is 32.7 Å². The molecule has 0 unspecified atom stereocenters. The van der Waals surface area contributed by atoms with E-state index in [0.717, 1.165) is 11.3 Å². The third-order valence-corrected chi connectivity index (χ3v) is 3.34. The number of aromatic nitrogens is 4. The van der Waals surface area contributed by atoms with E-state index in [4.69, 9.17) is 0 Å². The highest BCUT2D eigenvalue weighted by Crippen LogP contribution is 2.15. The van der Waals surface area contributed by atoms with Crippen molar-refractivity contribution in [3.63, 3.8) is 0 Å². The summed E-state index contributed by atoms with van der Waals surface area (Å²) in [5, 5.41) is 13.6. The van der Waals surface area contributed by atoms with Crippen LogP contribution in [0.3, 0.4) is 0 Å². The van der Waals surface area contributed by atoms with Crippen molar-refractivity contribution in [2.45, 2.75) is 13.2 Å². The summed E-state index contributed by atoms with van der Waals surface area (Å²) in [6.45, 7) is -2.59. The second-order valence-electron chi connectivity index (χ2n) is 5.01. The monoisotopic (exact) mass is 345 g/mol. The molecule has 25 heavy (non-hydrogen) atoms. The van der Waals surface area contributed by atoms with Gasteiger partial charge in [0.25, 0.3) is 5.91 Å². The molecule has 3 rings (SSSR count). The molecule has 1 heterocycles. The van der Waals surface area contributed by atoms with E-state index in [1.165, 1.54) is 23.1 Å². The van der Waals surface area contributed by atoms with Crippen molar-refractivity contribution in [1.29, 1.82) is 0 Å². The number of amides is 1. The van der Waals surface area contributed by atoms with Gasteiger partial charge in [0.05, 0.1) is 5.69 Å². The molecular formula is C16H13F2N5O2. The van der Waals surface area contributed by atoms with Crippen molar-refractivity contribution in [3.05, 3.63) is 66.0 Å². The van der Waals surface area contributed by atoms with Crippen molar-refractivity contribution in [1.82, 2.24) is 25.5 Å². The lowest BCUT2D eigenvalue weighted by Crippen LogP contribution is -2.22. The number of hydrogen-bond acceptors (Lipinski definition) is 5. The molecule has 3 aromatic rings. The zero-order chi connectivity index (χ0) is 17.6. The first kappa shape index (κ1) is 16.5. The lowest BCUT2D eigenvalue weighted by molar-refractivity contribution is -0.0498. The van der Waals surface area contributed by atoms with Crippen molar-refractivity contribution in [2.75, 3.05) is 0 Å². The van der Waals surface area contributed by atoms with Gasteiger partial charge in [0.15, 0.2) is 0 Å². The highest BCUT2D eigenvalue weighted by molar-refractivity contribution is 5.94. The molecule has 0 saturated heterocycles. The summed E-state index contributed by atoms with van der Waals surface area (Å²) in [5.41, 5.74) is 1.98. The van der Waals surface area contributed by atoms with E-state index >= 15 is 0 Å². The third kappa shape index (κ3) is 4.34. The van der Waals surface area contributed by atoms with Crippen LogP contribution in [0.1, 0.15) is 15.9 Å². The fraction of sp³-hybridized carbons (Fsp3) is 0.125. The van der Waals surface area contributed by atoms with Crippen molar-refractivity contribution in [3.8, 4) is 11.4 Å². The Morgan fingerprint density at radius 3 is 2.44 bits per heavy atom. The minimum Gasteiger partial charge on any atom is -0.435 e. The predicted octanol–water partition coefficient (Wildman–Crippen LogP) is 2.19. The zero-order valence-corrected chi connectivity index (χ0v) is 12.8. The van der Waals surface area contributed by atoms with Crippen LogP contribution in [0.15, 0.2) is 54.9 Å². The van der Waals surface area contributed by atoms with Gasteiger partial charge in [-0.05, 0) is 52.4 Å². The number of rotatable bonds is 6. The summed E-state index contributed by atoms with van der Waals surface area (Å²) in [5.74, 6) is -0.181. The van der Waals surface area contributed by atoms with Crippen LogP contribution in [-0.2, 0) is 6.54 Å². The number of carbonyl (C=O) groups excluding carboxylic acids is 1. The average Bonchev–Trinajstić information content (AvgIpc) is 3.15. The van der Waals surface area contributed by atoms with Gasteiger partial charge in [0, 0.05) is 12.1 Å². The van der Waals surface area contributed by atoms with Crippen molar-refractivity contribution < 1.29 is 18.3 Å². The SMILES string of the molecule is O=C(NCc1ccc(OC(F)F)cc1)c1ccc(-n2cnnn2)cc1. The molecule has 1 N–H and O–H groups in total. The highest BCUT2D eigenvalue weighted by Gasteiger charge is 2.07. The molecule has 0 bridgehead atoms. The topological polar surface area (TPSA) is 81.9 Å². The van der Waals surface area contributed by atoms with Crippen LogP contribution in [0, 0.1) is 0 Å². The van der Waals surface area contributed by atoms with Crippen LogP contribution in [0.5, 0.6) is 5.75 Å². The smallest absolute Gasteiger partial charge is 0.387 e. The van der Waals surface area contributed by atoms with Crippen LogP contribution in [0.25, 0.3) is 5.69 Å². The molecule has 0 radical (unpaired) electrons. The second-order valence-corrected chi connectivity index (χ2v) is 5.01. The Bertz CT molecular complexity index is 821. The van der Waals surface area contributed by atoms with Crippen LogP contribution < -0.4 is 10.1 Å². The number of alkyl halides is 2. The lowest BCUT2D eigenvalue weighted by Gasteiger charge is -2.08. The first-order chi connectivity index (χ1) is 12.1. The Morgan fingerprint density at radius 1 is 1.12 bits per heavy atom. The summed E-state index contributed by atoms with van der Waals surface area (Å²) in [7, 11) is 0. The molecule has 0 aliphatic carbocycles. The molecule has 1 amide bonds. The van der Waals surface area contributed by atoms with Crippen LogP contribution >= 0.6 is 0 Å². The van der Waals surface area contributed by atoms with Gasteiger partial charge in [-0.25, -0.2) is 4.68 Å². The summed E-state index contributed by atoms with van der Waals surface area (Å²) in [6.07, 6.45) is 1.45. The number of tetrazole rings is 1. The van der Waals surface area contributed by atoms with E-state index in [0.29, 0.717) is 5.56 Å². The molecule has 7 nitrogen and oxygen atoms in total. The number of nitrogens with zero attached hydrogens (tertiary/aromatic N) is 4. The van der Waals surface area contributed by atoms with Gasteiger partial charge in [0.2, 0.25) is 0 Å². The number of benzene rings is 2. The average molecular weight is 345 g/mol. The first-order valence-electron chi connectivity index (χ1n) is 7.27. The minimum absolute atomic E-state index is 0.0725. The summed E-state index contributed by atoms with van der Waals surface area (Å²) < 4.78 is 29.9. The molecule has 9 heteroatoms. The standard InChI is InChI=1S/C16H13F2N5O2/c17-16(18)25-14-7-1-11(2-8-14)9-19-15(24)12-3-5-13(6-4-12)23-10-20-21-22-23/h1-8,10,16H,9H2,(H,19,24). The molecule has 0 fully saturated rings. The van der Waals surface area contributed by atoms with Crippen LogP contribution in [0.2, 0.25) is 0 Å². The largest absolute Gasteiger partial charge is 0.435 e. The number of ether oxygens (including phenoxy) is 1. The maximum absolute atomic E-state index is 12.1. The maximum atomic E-state index is 12.1. The van der Waals surface area contributed by atoms with Crippen LogP contribution in [0.4, 0.5) is 8.78 Å². The molecule has 128 valence electrons. The molecule has 0 atom stereocenters. The Morgan fingerprint density at radius 2 is 1.84 bits per heavy atom. The molecule has 0 saturated carbocycles. The molecule has 0 aliphatic rings. The Hall–Kier alpha value is -3.36. The van der Waals surface area contributed by atoms with E-state index in [1.807, 2.05) is 0 Å². The molecule has 2 aromatic carbocycles. The van der Waals surface area contributed by atoms with Gasteiger partial charge in [0.1, 0.15) is 12.1 Å². The van der Waals surface area contributed by atoms with Crippen molar-refractivity contribution in [2.24, 2.45) is 0 Å². The Labute approximate surface area is 141 Å². The maximum Gasteiger partial charge on any atom is 0.387 e. The molecule has 0 aliphatic heterocycles. The van der Waals surface area contributed by atoms with E-state index in [-0.39, 0.29) is 18.2 Å². The molecular weight excluding hydrogens is 332 g/mol. The molecule has 1 aromatic heterocycles. The van der Waals surface area contributed by atoms with Gasteiger partial charge in [-0.3, -0.25) is 4.79 Å². The zero-order valence-electron chi connectivity index (χ0n) is 12.8. The summed E-state index contributed by atoms with van der Waals surface area (Å²) in [6, 6.07) is 12.8. The summed E-state index contributed by atoms with van der Waals surface area (Å²) >= 11 is 0. The number of nitrogens with one attached hydrogen (secondary N) is 1. The minimum atomic E-state index is -2.86. The van der Waals surface area contributed by atoms with Crippen molar-refractivity contribution >= 4 is 5.91 Å². The quantitative estimate of drug-likeness (QED) is 0.741. The first-order valence-corrected chi connectivity index (χ1v) is 7.27. The van der Waals surface area contributed by atoms with E-state index in [9.17, 15) is 13.6 Å². The second kappa shape index (κ2) is 7.47. The van der Waals surface area contributed by atoms with Gasteiger partial charge >= 0.3 is 6.61 Å². The van der Waals surface area contributed by atoms with Gasteiger partial charge < -0.3 is 10.1 Å². The predicted molar refractivity (Wildman–Crippen MR) is 83.4 cm³/mol. The number of hydrogen-bond donors (Lipinski definition) is 1. The Balaban J connectivity index is 1.57. The fourth-order valence-electron chi connectivity index (χ4n) is 2.12. The normalized spacial score (nSPS) is 10.7. The highest BCUT2D eigenvalue weighted by atomic mass is 19.3. The van der Waals surface area contributed by atoms with Gasteiger partial charge in [-0.1, -0.05) is 12.1 Å². The van der Waals surface area contributed by atoms with E-state index in [1.54, 1.807) is 36.4 Å². The molecule has 0 spiro atoms. The van der Waals surface area contributed by atoms with E-state index < -0.39 is 6.61 Å². The van der Waals surface area contributed by atoms with Gasteiger partial charge in [-0.2, -0.15) is 8.78 Å². The number of carbonyl (C=O) groups is 1. The van der Waals surface area contributed by atoms with Gasteiger partial charge in [-0.15, -0.1) is 5.10 Å². The third-order valence-electron chi connectivity index (χ3n) is 3.34.